The van der Waals surface area contributed by atoms with E-state index in [0.29, 0.717) is 30.1 Å². The molecule has 9 nitrogen and oxygen atoms in total. The molecule has 2 saturated heterocycles. The highest BCUT2D eigenvalue weighted by Gasteiger charge is 2.33. The maximum absolute atomic E-state index is 13.6. The highest BCUT2D eigenvalue weighted by atomic mass is 16.2. The van der Waals surface area contributed by atoms with Crippen LogP contribution in [0.5, 0.6) is 0 Å². The number of aliphatic imine (C=N–C) groups is 1. The summed E-state index contributed by atoms with van der Waals surface area (Å²) in [4.78, 5) is 44.6. The molecule has 6 rings (SSSR count). The fourth-order valence-electron chi connectivity index (χ4n) is 6.84. The van der Waals surface area contributed by atoms with Crippen LogP contribution in [0.15, 0.2) is 41.1 Å². The Labute approximate surface area is 236 Å². The van der Waals surface area contributed by atoms with E-state index >= 15 is 0 Å². The van der Waals surface area contributed by atoms with E-state index in [-0.39, 0.29) is 23.8 Å². The van der Waals surface area contributed by atoms with E-state index < -0.39 is 0 Å². The Balaban J connectivity index is 1.29. The third-order valence-electron chi connectivity index (χ3n) is 9.05. The van der Waals surface area contributed by atoms with Crippen molar-refractivity contribution in [1.29, 1.82) is 0 Å². The van der Waals surface area contributed by atoms with Crippen molar-refractivity contribution in [2.24, 2.45) is 10.9 Å². The van der Waals surface area contributed by atoms with Crippen LogP contribution < -0.4 is 5.32 Å². The molecule has 2 bridgehead atoms. The van der Waals surface area contributed by atoms with Gasteiger partial charge in [-0.1, -0.05) is 31.4 Å². The minimum absolute atomic E-state index is 0.0243. The molecule has 4 heterocycles. The number of nitrogens with one attached hydrogen (secondary N) is 1. The molecule has 3 unspecified atom stereocenters. The van der Waals surface area contributed by atoms with E-state index in [1.54, 1.807) is 25.2 Å². The van der Waals surface area contributed by atoms with Gasteiger partial charge in [-0.3, -0.25) is 9.59 Å². The number of aromatic nitrogens is 3. The summed E-state index contributed by atoms with van der Waals surface area (Å²) in [5.41, 5.74) is 3.38. The molecule has 0 spiro atoms. The summed E-state index contributed by atoms with van der Waals surface area (Å²) >= 11 is 0. The van der Waals surface area contributed by atoms with Crippen LogP contribution in [-0.2, 0) is 4.79 Å². The van der Waals surface area contributed by atoms with Gasteiger partial charge in [0.05, 0.1) is 11.6 Å². The minimum atomic E-state index is -0.182. The van der Waals surface area contributed by atoms with Crippen LogP contribution in [0.25, 0.3) is 11.0 Å². The Bertz CT molecular complexity index is 1380. The third-order valence-corrected chi connectivity index (χ3v) is 9.05. The molecule has 0 aromatic carbocycles. The topological polar surface area (TPSA) is 95.7 Å². The number of hydrogen-bond donors (Lipinski definition) is 1. The molecule has 3 fully saturated rings. The van der Waals surface area contributed by atoms with E-state index in [1.165, 1.54) is 12.0 Å². The Morgan fingerprint density at radius 2 is 1.93 bits per heavy atom. The molecule has 2 aliphatic carbocycles. The van der Waals surface area contributed by atoms with E-state index in [2.05, 4.69) is 32.8 Å². The molecular formula is C31H41N7O2. The van der Waals surface area contributed by atoms with Crippen LogP contribution in [-0.4, -0.2) is 81.1 Å². The first kappa shape index (κ1) is 26.9. The number of hydrogen-bond acceptors (Lipinski definition) is 6. The third kappa shape index (κ3) is 5.36. The molecule has 2 aliphatic heterocycles. The van der Waals surface area contributed by atoms with E-state index in [1.807, 2.05) is 18.2 Å². The van der Waals surface area contributed by atoms with Gasteiger partial charge in [-0.05, 0) is 63.2 Å². The van der Waals surface area contributed by atoms with Crippen LogP contribution in [0, 0.1) is 5.92 Å². The van der Waals surface area contributed by atoms with Crippen LogP contribution in [0.3, 0.4) is 0 Å². The average Bonchev–Trinajstić information content (AvgIpc) is 3.64. The zero-order valence-electron chi connectivity index (χ0n) is 24.0. The van der Waals surface area contributed by atoms with Crippen molar-refractivity contribution in [3.63, 3.8) is 0 Å². The second-order valence-corrected chi connectivity index (χ2v) is 12.1. The molecule has 40 heavy (non-hydrogen) atoms. The van der Waals surface area contributed by atoms with Crippen LogP contribution in [0.2, 0.25) is 0 Å². The minimum Gasteiger partial charge on any atom is -0.343 e. The highest BCUT2D eigenvalue weighted by molar-refractivity contribution is 6.06. The van der Waals surface area contributed by atoms with E-state index in [0.717, 1.165) is 74.8 Å². The van der Waals surface area contributed by atoms with Gasteiger partial charge in [0.15, 0.2) is 0 Å². The second-order valence-electron chi connectivity index (χ2n) is 12.1. The predicted molar refractivity (Wildman–Crippen MR) is 157 cm³/mol. The van der Waals surface area contributed by atoms with Gasteiger partial charge in [0.2, 0.25) is 5.91 Å². The van der Waals surface area contributed by atoms with Gasteiger partial charge in [0, 0.05) is 56.9 Å². The summed E-state index contributed by atoms with van der Waals surface area (Å²) in [6.45, 7) is 3.76. The molecular weight excluding hydrogens is 502 g/mol. The van der Waals surface area contributed by atoms with Crippen molar-refractivity contribution in [2.75, 3.05) is 27.2 Å². The first-order chi connectivity index (χ1) is 19.4. The van der Waals surface area contributed by atoms with Gasteiger partial charge < -0.3 is 19.7 Å². The van der Waals surface area contributed by atoms with Crippen molar-refractivity contribution >= 4 is 34.5 Å². The fourth-order valence-corrected chi connectivity index (χ4v) is 6.84. The molecule has 0 radical (unpaired) electrons. The largest absolute Gasteiger partial charge is 0.343 e. The quantitative estimate of drug-likeness (QED) is 0.595. The summed E-state index contributed by atoms with van der Waals surface area (Å²) in [6.07, 6.45) is 17.2. The average molecular weight is 544 g/mol. The number of likely N-dealkylation sites (tertiary alicyclic amines) is 1. The summed E-state index contributed by atoms with van der Waals surface area (Å²) in [7, 11) is 3.56. The number of allylic oxidation sites excluding steroid dienone is 3. The first-order valence-corrected chi connectivity index (χ1v) is 15.0. The lowest BCUT2D eigenvalue weighted by molar-refractivity contribution is -0.134. The molecule has 4 aliphatic rings. The Morgan fingerprint density at radius 3 is 2.70 bits per heavy atom. The first-order valence-electron chi connectivity index (χ1n) is 15.0. The van der Waals surface area contributed by atoms with Crippen LogP contribution >= 0.6 is 0 Å². The number of nitrogens with zero attached hydrogens (tertiary/aromatic N) is 6. The lowest BCUT2D eigenvalue weighted by Crippen LogP contribution is -2.41. The summed E-state index contributed by atoms with van der Waals surface area (Å²) in [6, 6.07) is 3.15. The number of carbonyl (C=O) groups excluding carboxylic acids is 2. The molecule has 2 aromatic heterocycles. The van der Waals surface area contributed by atoms with E-state index in [4.69, 9.17) is 9.98 Å². The molecule has 1 N–H and O–H groups in total. The number of fused-ring (bicyclic) bond motifs is 3. The molecule has 9 heteroatoms. The van der Waals surface area contributed by atoms with Gasteiger partial charge >= 0.3 is 0 Å². The maximum Gasteiger partial charge on any atom is 0.270 e. The lowest BCUT2D eigenvalue weighted by atomic mass is 9.96. The van der Waals surface area contributed by atoms with Crippen molar-refractivity contribution in [2.45, 2.75) is 82.8 Å². The van der Waals surface area contributed by atoms with Gasteiger partial charge in [-0.15, -0.1) is 0 Å². The fraction of sp³-hybridized carbons (Fsp3) is 0.581. The van der Waals surface area contributed by atoms with Crippen molar-refractivity contribution in [3.8, 4) is 0 Å². The monoisotopic (exact) mass is 543 g/mol. The molecule has 2 aromatic rings. The van der Waals surface area contributed by atoms with Gasteiger partial charge in [-0.2, -0.15) is 4.98 Å². The molecule has 2 amide bonds. The number of rotatable bonds is 5. The van der Waals surface area contributed by atoms with Crippen molar-refractivity contribution in [3.05, 3.63) is 41.8 Å². The normalized spacial score (nSPS) is 26.3. The summed E-state index contributed by atoms with van der Waals surface area (Å²) < 4.78 is 2.11. The van der Waals surface area contributed by atoms with E-state index in [9.17, 15) is 9.59 Å². The Kier molecular flexibility index (Phi) is 7.57. The summed E-state index contributed by atoms with van der Waals surface area (Å²) in [5, 5.41) is 4.53. The smallest absolute Gasteiger partial charge is 0.270 e. The predicted octanol–water partition coefficient (Wildman–Crippen LogP) is 4.59. The second kappa shape index (κ2) is 11.3. The Hall–Kier alpha value is -3.33. The molecule has 212 valence electrons. The highest BCUT2D eigenvalue weighted by Crippen LogP contribution is 2.35. The SMILES string of the molecule is CCC1=CC(=Nc2ncc3cc(C(=O)N(C)C)n(C4CCCC4)c3n2)C=CC(C(=O)N2CCC3CCC(C2)N3)C1. The van der Waals surface area contributed by atoms with Gasteiger partial charge in [0.1, 0.15) is 11.3 Å². The van der Waals surface area contributed by atoms with Crippen LogP contribution in [0.4, 0.5) is 5.95 Å². The van der Waals surface area contributed by atoms with Crippen molar-refractivity contribution < 1.29 is 9.59 Å². The Morgan fingerprint density at radius 1 is 1.12 bits per heavy atom. The maximum atomic E-state index is 13.6. The number of carbonyl (C=O) groups is 2. The zero-order valence-corrected chi connectivity index (χ0v) is 24.0. The van der Waals surface area contributed by atoms with Crippen LogP contribution in [0.1, 0.15) is 81.2 Å². The molecule has 3 atom stereocenters. The van der Waals surface area contributed by atoms with Gasteiger partial charge in [-0.25, -0.2) is 9.98 Å². The molecule has 1 saturated carbocycles. The lowest BCUT2D eigenvalue weighted by Gasteiger charge is -2.27. The zero-order chi connectivity index (χ0) is 27.8. The summed E-state index contributed by atoms with van der Waals surface area (Å²) in [5.74, 6) is 0.387. The standard InChI is InChI=1S/C31H41N7O2/c1-4-20-15-21(29(39)37-14-13-23-11-12-25(19-37)33-23)9-10-24(16-20)34-31-32-18-22-17-27(30(40)36(2)3)38(28(22)35-31)26-7-5-6-8-26/h9-10,16-18,21,23,25-26,33H,4-8,11-15,19H2,1-3H3. The van der Waals surface area contributed by atoms with Crippen molar-refractivity contribution in [1.82, 2.24) is 29.7 Å². The number of amides is 2. The van der Waals surface area contributed by atoms with Gasteiger partial charge in [0.25, 0.3) is 11.9 Å².